The third-order valence-electron chi connectivity index (χ3n) is 4.53. The highest BCUT2D eigenvalue weighted by molar-refractivity contribution is 7.91. The molecule has 158 valence electrons. The molecule has 3 aromatic carbocycles. The molecule has 0 heterocycles. The minimum absolute atomic E-state index is 0.0331. The second-order valence-electron chi connectivity index (χ2n) is 6.62. The molecule has 0 fully saturated rings. The molecule has 0 saturated carbocycles. The van der Waals surface area contributed by atoms with E-state index in [9.17, 15) is 16.8 Å². The summed E-state index contributed by atoms with van der Waals surface area (Å²) < 4.78 is 54.0. The van der Waals surface area contributed by atoms with Gasteiger partial charge in [-0.3, -0.25) is 0 Å². The first-order chi connectivity index (χ1) is 14.1. The summed E-state index contributed by atoms with van der Waals surface area (Å²) in [6.07, 6.45) is 0.403. The van der Waals surface area contributed by atoms with E-state index >= 15 is 0 Å². The Balaban J connectivity index is 1.86. The van der Waals surface area contributed by atoms with Crippen LogP contribution in [0.15, 0.2) is 81.4 Å². The Morgan fingerprint density at radius 1 is 0.833 bits per heavy atom. The van der Waals surface area contributed by atoms with Crippen LogP contribution in [0.3, 0.4) is 0 Å². The Morgan fingerprint density at radius 2 is 1.47 bits per heavy atom. The molecule has 0 aliphatic heterocycles. The van der Waals surface area contributed by atoms with Gasteiger partial charge in [0.25, 0.3) is 0 Å². The Hall–Kier alpha value is -1.90. The van der Waals surface area contributed by atoms with Crippen molar-refractivity contribution >= 4 is 43.1 Å². The van der Waals surface area contributed by atoms with Gasteiger partial charge < -0.3 is 0 Å². The second kappa shape index (κ2) is 9.08. The normalized spacial score (nSPS) is 12.1. The average Bonchev–Trinajstić information content (AvgIpc) is 2.70. The van der Waals surface area contributed by atoms with Crippen LogP contribution in [-0.4, -0.2) is 23.4 Å². The van der Waals surface area contributed by atoms with Gasteiger partial charge in [-0.15, -0.1) is 0 Å². The molecule has 0 aromatic heterocycles. The molecule has 0 bridgehead atoms. The van der Waals surface area contributed by atoms with Crippen LogP contribution in [0.25, 0.3) is 0 Å². The fraction of sp³-hybridized carbons (Fsp3) is 0.143. The van der Waals surface area contributed by atoms with Gasteiger partial charge in [0, 0.05) is 16.6 Å². The van der Waals surface area contributed by atoms with Crippen LogP contribution in [0, 0.1) is 6.92 Å². The molecule has 0 atom stereocenters. The van der Waals surface area contributed by atoms with Gasteiger partial charge in [-0.05, 0) is 66.9 Å². The van der Waals surface area contributed by atoms with Crippen LogP contribution in [-0.2, 0) is 26.3 Å². The molecular weight excluding hydrogens is 465 g/mol. The van der Waals surface area contributed by atoms with Gasteiger partial charge in [0.1, 0.15) is 0 Å². The van der Waals surface area contributed by atoms with Crippen LogP contribution >= 0.6 is 23.2 Å². The van der Waals surface area contributed by atoms with Crippen molar-refractivity contribution in [1.82, 2.24) is 4.72 Å². The fourth-order valence-corrected chi connectivity index (χ4v) is 5.90. The zero-order valence-corrected chi connectivity index (χ0v) is 19.1. The van der Waals surface area contributed by atoms with Crippen LogP contribution < -0.4 is 4.72 Å². The van der Waals surface area contributed by atoms with E-state index in [1.807, 2.05) is 12.1 Å². The lowest BCUT2D eigenvalue weighted by atomic mass is 10.1. The molecule has 3 rings (SSSR count). The Morgan fingerprint density at radius 3 is 2.13 bits per heavy atom. The van der Waals surface area contributed by atoms with Crippen molar-refractivity contribution in [3.8, 4) is 0 Å². The highest BCUT2D eigenvalue weighted by Gasteiger charge is 2.23. The minimum atomic E-state index is -3.92. The maximum atomic E-state index is 12.9. The molecule has 1 N–H and O–H groups in total. The average molecular weight is 484 g/mol. The zero-order chi connectivity index (χ0) is 21.9. The van der Waals surface area contributed by atoms with E-state index in [4.69, 9.17) is 23.2 Å². The summed E-state index contributed by atoms with van der Waals surface area (Å²) in [6, 6.07) is 16.9. The summed E-state index contributed by atoms with van der Waals surface area (Å²) >= 11 is 11.9. The number of rotatable bonds is 7. The lowest BCUT2D eigenvalue weighted by molar-refractivity contribution is 0.580. The van der Waals surface area contributed by atoms with Crippen molar-refractivity contribution in [2.45, 2.75) is 28.0 Å². The number of benzene rings is 3. The van der Waals surface area contributed by atoms with Crippen molar-refractivity contribution in [1.29, 1.82) is 0 Å². The molecule has 0 saturated heterocycles. The first-order valence-corrected chi connectivity index (χ1v) is 12.7. The first-order valence-electron chi connectivity index (χ1n) is 8.95. The van der Waals surface area contributed by atoms with E-state index in [-0.39, 0.29) is 21.2 Å². The summed E-state index contributed by atoms with van der Waals surface area (Å²) in [5, 5.41) is 0.966. The van der Waals surface area contributed by atoms with E-state index in [0.29, 0.717) is 22.0 Å². The van der Waals surface area contributed by atoms with Gasteiger partial charge in [0.05, 0.1) is 14.7 Å². The Labute approximate surface area is 186 Å². The van der Waals surface area contributed by atoms with Gasteiger partial charge in [-0.25, -0.2) is 21.6 Å². The Kier molecular flexibility index (Phi) is 6.89. The molecule has 0 aliphatic carbocycles. The van der Waals surface area contributed by atoms with E-state index in [1.54, 1.807) is 19.1 Å². The summed E-state index contributed by atoms with van der Waals surface area (Å²) in [5.41, 5.74) is 1.26. The quantitative estimate of drug-likeness (QED) is 0.529. The van der Waals surface area contributed by atoms with Crippen LogP contribution in [0.5, 0.6) is 0 Å². The second-order valence-corrected chi connectivity index (χ2v) is 11.2. The third-order valence-corrected chi connectivity index (χ3v) is 8.52. The molecule has 0 amide bonds. The van der Waals surface area contributed by atoms with Gasteiger partial charge in [-0.1, -0.05) is 47.5 Å². The topological polar surface area (TPSA) is 80.3 Å². The van der Waals surface area contributed by atoms with Gasteiger partial charge in [0.2, 0.25) is 19.9 Å². The molecule has 0 spiro atoms. The molecule has 5 nitrogen and oxygen atoms in total. The molecular formula is C21H19Cl2NO4S2. The fourth-order valence-electron chi connectivity index (χ4n) is 2.89. The van der Waals surface area contributed by atoms with Crippen molar-refractivity contribution < 1.29 is 16.8 Å². The summed E-state index contributed by atoms with van der Waals surface area (Å²) in [4.78, 5) is -0.163. The largest absolute Gasteiger partial charge is 0.240 e. The summed E-state index contributed by atoms with van der Waals surface area (Å²) in [7, 11) is -7.82. The van der Waals surface area contributed by atoms with E-state index in [2.05, 4.69) is 4.72 Å². The predicted molar refractivity (Wildman–Crippen MR) is 118 cm³/mol. The predicted octanol–water partition coefficient (Wildman–Crippen LogP) is 4.66. The molecule has 0 radical (unpaired) electrons. The standard InChI is InChI=1S/C21H19Cl2NO4S2/c1-15-6-9-19(29(25,26)18-10-7-17(22)8-11-18)14-21(15)30(27,28)24-13-12-16-4-2-3-5-20(16)23/h2-11,14,24H,12-13H2,1H3. The number of halogens is 2. The summed E-state index contributed by atoms with van der Waals surface area (Å²) in [5.74, 6) is 0. The lowest BCUT2D eigenvalue weighted by Gasteiger charge is -2.12. The number of hydrogen-bond acceptors (Lipinski definition) is 4. The van der Waals surface area contributed by atoms with Gasteiger partial charge in [-0.2, -0.15) is 0 Å². The maximum absolute atomic E-state index is 12.9. The van der Waals surface area contributed by atoms with Crippen molar-refractivity contribution in [3.63, 3.8) is 0 Å². The van der Waals surface area contributed by atoms with Gasteiger partial charge >= 0.3 is 0 Å². The van der Waals surface area contributed by atoms with E-state index in [0.717, 1.165) is 5.56 Å². The number of hydrogen-bond donors (Lipinski definition) is 1. The Bertz CT molecular complexity index is 1270. The molecule has 3 aromatic rings. The first kappa shape index (κ1) is 22.8. The minimum Gasteiger partial charge on any atom is -0.219 e. The van der Waals surface area contributed by atoms with E-state index < -0.39 is 19.9 Å². The molecule has 30 heavy (non-hydrogen) atoms. The molecule has 0 unspecified atom stereocenters. The van der Waals surface area contributed by atoms with Crippen molar-refractivity contribution in [2.24, 2.45) is 0 Å². The molecule has 9 heteroatoms. The third kappa shape index (κ3) is 5.04. The maximum Gasteiger partial charge on any atom is 0.240 e. The highest BCUT2D eigenvalue weighted by Crippen LogP contribution is 2.26. The monoisotopic (exact) mass is 483 g/mol. The summed E-state index contributed by atoms with van der Waals surface area (Å²) in [6.45, 7) is 1.74. The SMILES string of the molecule is Cc1ccc(S(=O)(=O)c2ccc(Cl)cc2)cc1S(=O)(=O)NCCc1ccccc1Cl. The lowest BCUT2D eigenvalue weighted by Crippen LogP contribution is -2.27. The van der Waals surface area contributed by atoms with Gasteiger partial charge in [0.15, 0.2) is 0 Å². The number of aryl methyl sites for hydroxylation is 1. The van der Waals surface area contributed by atoms with Crippen LogP contribution in [0.4, 0.5) is 0 Å². The number of sulfonamides is 1. The number of sulfone groups is 1. The number of nitrogens with one attached hydrogen (secondary N) is 1. The highest BCUT2D eigenvalue weighted by atomic mass is 35.5. The van der Waals surface area contributed by atoms with Crippen LogP contribution in [0.2, 0.25) is 10.0 Å². The van der Waals surface area contributed by atoms with E-state index in [1.165, 1.54) is 42.5 Å². The van der Waals surface area contributed by atoms with Crippen molar-refractivity contribution in [3.05, 3.63) is 87.9 Å². The smallest absolute Gasteiger partial charge is 0.219 e. The van der Waals surface area contributed by atoms with Crippen LogP contribution in [0.1, 0.15) is 11.1 Å². The molecule has 0 aliphatic rings. The van der Waals surface area contributed by atoms with Crippen molar-refractivity contribution in [2.75, 3.05) is 6.54 Å². The zero-order valence-electron chi connectivity index (χ0n) is 16.0.